The van der Waals surface area contributed by atoms with Crippen LogP contribution < -0.4 is 20.1 Å². The number of aromatic nitrogens is 5. The SMILES string of the molecule is COc1cc(C#Cc2n[nH]c3nc(N4CCC5(CC4)CO[C@@H](C)[C@H]5N)n4ccnc4c23)c(F)c(OC)c1. The van der Waals surface area contributed by atoms with Crippen molar-refractivity contribution >= 4 is 22.6 Å². The van der Waals surface area contributed by atoms with Crippen molar-refractivity contribution in [1.29, 1.82) is 0 Å². The van der Waals surface area contributed by atoms with E-state index in [-0.39, 0.29) is 28.9 Å². The summed E-state index contributed by atoms with van der Waals surface area (Å²) in [6, 6.07) is 3.04. The summed E-state index contributed by atoms with van der Waals surface area (Å²) in [7, 11) is 2.90. The molecule has 1 aromatic carbocycles. The molecule has 3 N–H and O–H groups in total. The molecule has 0 radical (unpaired) electrons. The highest BCUT2D eigenvalue weighted by atomic mass is 19.1. The Bertz CT molecular complexity index is 1540. The number of nitrogens with one attached hydrogen (secondary N) is 1. The number of hydrogen-bond acceptors (Lipinski definition) is 8. The number of hydrogen-bond donors (Lipinski definition) is 2. The van der Waals surface area contributed by atoms with Gasteiger partial charge in [-0.3, -0.25) is 9.50 Å². The summed E-state index contributed by atoms with van der Waals surface area (Å²) in [6.45, 7) is 4.38. The van der Waals surface area contributed by atoms with Crippen LogP contribution in [0, 0.1) is 23.1 Å². The molecule has 5 heterocycles. The van der Waals surface area contributed by atoms with Crippen LogP contribution in [-0.4, -0.2) is 70.6 Å². The molecule has 2 aliphatic heterocycles. The van der Waals surface area contributed by atoms with Crippen LogP contribution in [0.25, 0.3) is 16.7 Å². The highest BCUT2D eigenvalue weighted by Crippen LogP contribution is 2.42. The van der Waals surface area contributed by atoms with Crippen LogP contribution in [0.1, 0.15) is 31.0 Å². The van der Waals surface area contributed by atoms with Crippen molar-refractivity contribution in [3.8, 4) is 23.3 Å². The highest BCUT2D eigenvalue weighted by Gasteiger charge is 2.47. The summed E-state index contributed by atoms with van der Waals surface area (Å²) in [6.07, 6.45) is 5.56. The normalized spacial score (nSPS) is 20.9. The third-order valence-corrected chi connectivity index (χ3v) is 7.71. The van der Waals surface area contributed by atoms with Crippen LogP contribution >= 0.6 is 0 Å². The van der Waals surface area contributed by atoms with Crippen LogP contribution in [0.4, 0.5) is 10.3 Å². The van der Waals surface area contributed by atoms with Crippen molar-refractivity contribution in [3.63, 3.8) is 0 Å². The Morgan fingerprint density at radius 2 is 2.03 bits per heavy atom. The number of ether oxygens (including phenoxy) is 3. The average molecular weight is 506 g/mol. The minimum absolute atomic E-state index is 0.0168. The average Bonchev–Trinajstić information content (AvgIpc) is 3.63. The number of benzene rings is 1. The van der Waals surface area contributed by atoms with Gasteiger partial charge in [-0.15, -0.1) is 0 Å². The molecule has 192 valence electrons. The maximum atomic E-state index is 14.8. The Morgan fingerprint density at radius 3 is 2.73 bits per heavy atom. The molecule has 37 heavy (non-hydrogen) atoms. The molecule has 2 aliphatic rings. The van der Waals surface area contributed by atoms with Crippen molar-refractivity contribution in [2.75, 3.05) is 38.8 Å². The summed E-state index contributed by atoms with van der Waals surface area (Å²) >= 11 is 0. The van der Waals surface area contributed by atoms with Crippen LogP contribution in [0.3, 0.4) is 0 Å². The van der Waals surface area contributed by atoms with Gasteiger partial charge in [0.25, 0.3) is 0 Å². The Morgan fingerprint density at radius 1 is 1.22 bits per heavy atom. The molecular weight excluding hydrogens is 477 g/mol. The molecule has 4 aromatic rings. The summed E-state index contributed by atoms with van der Waals surface area (Å²) < 4.78 is 33.0. The number of nitrogens with two attached hydrogens (primary N) is 1. The monoisotopic (exact) mass is 505 g/mol. The third-order valence-electron chi connectivity index (χ3n) is 7.71. The van der Waals surface area contributed by atoms with E-state index in [1.54, 1.807) is 6.20 Å². The fraction of sp³-hybridized carbons (Fsp3) is 0.423. The van der Waals surface area contributed by atoms with Gasteiger partial charge in [-0.05, 0) is 31.8 Å². The lowest BCUT2D eigenvalue weighted by Gasteiger charge is -2.41. The zero-order chi connectivity index (χ0) is 25.7. The molecule has 0 amide bonds. The molecule has 2 saturated heterocycles. The van der Waals surface area contributed by atoms with Gasteiger partial charge in [0.2, 0.25) is 5.95 Å². The molecule has 0 unspecified atom stereocenters. The molecule has 3 aromatic heterocycles. The summed E-state index contributed by atoms with van der Waals surface area (Å²) in [5.74, 6) is 6.55. The first-order valence-electron chi connectivity index (χ1n) is 12.2. The molecule has 11 heteroatoms. The molecule has 2 atom stereocenters. The van der Waals surface area contributed by atoms with E-state index in [1.807, 2.05) is 17.5 Å². The van der Waals surface area contributed by atoms with Gasteiger partial charge in [0, 0.05) is 43.0 Å². The maximum absolute atomic E-state index is 14.8. The fourth-order valence-electron chi connectivity index (χ4n) is 5.42. The molecular formula is C26H28FN7O3. The van der Waals surface area contributed by atoms with E-state index in [4.69, 9.17) is 24.9 Å². The molecule has 0 saturated carbocycles. The molecule has 6 rings (SSSR count). The maximum Gasteiger partial charge on any atom is 0.213 e. The molecule has 0 aliphatic carbocycles. The van der Waals surface area contributed by atoms with E-state index >= 15 is 0 Å². The van der Waals surface area contributed by atoms with Crippen LogP contribution in [0.15, 0.2) is 24.5 Å². The van der Waals surface area contributed by atoms with Crippen LogP contribution in [0.2, 0.25) is 0 Å². The number of imidazole rings is 1. The quantitative estimate of drug-likeness (QED) is 0.408. The van der Waals surface area contributed by atoms with Crippen molar-refractivity contribution in [1.82, 2.24) is 24.6 Å². The smallest absolute Gasteiger partial charge is 0.213 e. The summed E-state index contributed by atoms with van der Waals surface area (Å²) in [4.78, 5) is 11.7. The van der Waals surface area contributed by atoms with Crippen molar-refractivity contribution in [2.24, 2.45) is 11.1 Å². The van der Waals surface area contributed by atoms with Crippen LogP contribution in [-0.2, 0) is 4.74 Å². The van der Waals surface area contributed by atoms with Gasteiger partial charge in [-0.1, -0.05) is 5.92 Å². The minimum atomic E-state index is -0.563. The molecule has 10 nitrogen and oxygen atoms in total. The first kappa shape index (κ1) is 23.5. The Kier molecular flexibility index (Phi) is 5.66. The van der Waals surface area contributed by atoms with E-state index in [1.165, 1.54) is 26.4 Å². The molecule has 0 bridgehead atoms. The standard InChI is InChI=1S/C26H28FN7O3/c1-15-22(28)26(14-37-15)6-9-33(10-7-26)25-30-23-20(24-29-8-11-34(24)25)18(31-32-23)5-4-16-12-17(35-2)13-19(36-3)21(16)27/h8,11-13,15,22H,6-7,9-10,14,28H2,1-3H3,(H,31,32)/t15-,22+/m0/s1. The molecule has 1 spiro atoms. The lowest BCUT2D eigenvalue weighted by Crippen LogP contribution is -2.51. The minimum Gasteiger partial charge on any atom is -0.497 e. The van der Waals surface area contributed by atoms with Gasteiger partial charge >= 0.3 is 0 Å². The van der Waals surface area contributed by atoms with Crippen LogP contribution in [0.5, 0.6) is 11.5 Å². The van der Waals surface area contributed by atoms with E-state index < -0.39 is 5.82 Å². The van der Waals surface area contributed by atoms with Crippen molar-refractivity contribution < 1.29 is 18.6 Å². The second-order valence-corrected chi connectivity index (χ2v) is 9.66. The van der Waals surface area contributed by atoms with Gasteiger partial charge in [0.1, 0.15) is 11.4 Å². The predicted octanol–water partition coefficient (Wildman–Crippen LogP) is 2.49. The topological polar surface area (TPSA) is 116 Å². The predicted molar refractivity (Wildman–Crippen MR) is 135 cm³/mol. The van der Waals surface area contributed by atoms with Crippen molar-refractivity contribution in [2.45, 2.75) is 31.9 Å². The lowest BCUT2D eigenvalue weighted by atomic mass is 9.73. The van der Waals surface area contributed by atoms with Gasteiger partial charge in [0.05, 0.1) is 37.9 Å². The number of anilines is 1. The van der Waals surface area contributed by atoms with Gasteiger partial charge in [0.15, 0.2) is 22.9 Å². The number of rotatable bonds is 3. The van der Waals surface area contributed by atoms with E-state index in [9.17, 15) is 4.39 Å². The zero-order valence-electron chi connectivity index (χ0n) is 20.9. The van der Waals surface area contributed by atoms with E-state index in [2.05, 4.69) is 31.9 Å². The summed E-state index contributed by atoms with van der Waals surface area (Å²) in [5.41, 5.74) is 8.32. The number of halogens is 1. The largest absolute Gasteiger partial charge is 0.497 e. The number of aromatic amines is 1. The number of H-pyrrole nitrogens is 1. The number of methoxy groups -OCH3 is 2. The second kappa shape index (κ2) is 8.90. The van der Waals surface area contributed by atoms with E-state index in [0.717, 1.165) is 31.9 Å². The second-order valence-electron chi connectivity index (χ2n) is 9.66. The summed E-state index contributed by atoms with van der Waals surface area (Å²) in [5, 5.41) is 8.02. The first-order chi connectivity index (χ1) is 17.9. The van der Waals surface area contributed by atoms with Gasteiger partial charge in [-0.2, -0.15) is 10.1 Å². The lowest BCUT2D eigenvalue weighted by molar-refractivity contribution is 0.0973. The Balaban J connectivity index is 1.35. The van der Waals surface area contributed by atoms with Gasteiger partial charge in [-0.25, -0.2) is 9.37 Å². The number of nitrogens with zero attached hydrogens (tertiary/aromatic N) is 5. The fourth-order valence-corrected chi connectivity index (χ4v) is 5.42. The van der Waals surface area contributed by atoms with Gasteiger partial charge < -0.3 is 24.8 Å². The Labute approximate surface area is 212 Å². The number of fused-ring (bicyclic) bond motifs is 3. The zero-order valence-corrected chi connectivity index (χ0v) is 20.9. The number of piperidine rings is 1. The van der Waals surface area contributed by atoms with E-state index in [0.29, 0.717) is 34.7 Å². The third kappa shape index (κ3) is 3.75. The van der Waals surface area contributed by atoms with Crippen molar-refractivity contribution in [3.05, 3.63) is 41.6 Å². The molecule has 2 fully saturated rings. The first-order valence-corrected chi connectivity index (χ1v) is 12.2. The Hall–Kier alpha value is -3.88. The highest BCUT2D eigenvalue weighted by molar-refractivity contribution is 5.94.